The topological polar surface area (TPSA) is 111 Å². The Hall–Kier alpha value is -2.04. The van der Waals surface area contributed by atoms with Crippen LogP contribution in [0.25, 0.3) is 0 Å². The summed E-state index contributed by atoms with van der Waals surface area (Å²) < 4.78 is 10.00. The van der Waals surface area contributed by atoms with Crippen LogP contribution < -0.4 is 5.32 Å². The molecule has 0 spiro atoms. The third-order valence-corrected chi connectivity index (χ3v) is 4.86. The third-order valence-electron chi connectivity index (χ3n) is 3.72. The zero-order valence-corrected chi connectivity index (χ0v) is 15.0. The fourth-order valence-electron chi connectivity index (χ4n) is 2.51. The van der Waals surface area contributed by atoms with Gasteiger partial charge in [-0.2, -0.15) is 0 Å². The summed E-state index contributed by atoms with van der Waals surface area (Å²) in [7, 11) is 1.20. The van der Waals surface area contributed by atoms with Gasteiger partial charge in [-0.25, -0.2) is 4.79 Å². The Kier molecular flexibility index (Phi) is 6.85. The second kappa shape index (κ2) is 8.88. The molecule has 0 unspecified atom stereocenters. The number of rotatable bonds is 7. The highest BCUT2D eigenvalue weighted by atomic mass is 32.1. The van der Waals surface area contributed by atoms with Crippen molar-refractivity contribution >= 4 is 34.6 Å². The number of nitrogens with zero attached hydrogens (tertiary/aromatic N) is 2. The lowest BCUT2D eigenvalue weighted by molar-refractivity contribution is -0.384. The first-order valence-electron chi connectivity index (χ1n) is 7.96. The highest BCUT2D eigenvalue weighted by molar-refractivity contribution is 7.15. The SMILES string of the molecule is CCCC(=O)Nc1c(C(=O)OC)sc(CN2CCOCC2)c1[N+](=O)[O-]. The predicted molar refractivity (Wildman–Crippen MR) is 91.9 cm³/mol. The monoisotopic (exact) mass is 371 g/mol. The maximum atomic E-state index is 12.0. The number of thiophene rings is 1. The summed E-state index contributed by atoms with van der Waals surface area (Å²) in [5, 5.41) is 14.1. The van der Waals surface area contributed by atoms with Gasteiger partial charge in [-0.15, -0.1) is 11.3 Å². The zero-order chi connectivity index (χ0) is 18.4. The van der Waals surface area contributed by atoms with E-state index in [9.17, 15) is 19.7 Å². The number of carbonyl (C=O) groups excluding carboxylic acids is 2. The summed E-state index contributed by atoms with van der Waals surface area (Å²) in [6.07, 6.45) is 0.810. The van der Waals surface area contributed by atoms with Crippen molar-refractivity contribution in [2.24, 2.45) is 0 Å². The molecule has 1 saturated heterocycles. The first kappa shape index (κ1) is 19.3. The molecule has 0 saturated carbocycles. The molecule has 138 valence electrons. The summed E-state index contributed by atoms with van der Waals surface area (Å²) >= 11 is 0.987. The van der Waals surface area contributed by atoms with E-state index < -0.39 is 10.9 Å². The molecule has 25 heavy (non-hydrogen) atoms. The standard InChI is InChI=1S/C15H21N3O6S/c1-3-4-11(19)16-12-13(18(21)22)10(25-14(12)15(20)23-2)9-17-5-7-24-8-6-17/h3-9H2,1-2H3,(H,16,19). The molecule has 0 bridgehead atoms. The Morgan fingerprint density at radius 2 is 2.08 bits per heavy atom. The van der Waals surface area contributed by atoms with E-state index in [0.29, 0.717) is 44.1 Å². The van der Waals surface area contributed by atoms with E-state index in [-0.39, 0.29) is 28.6 Å². The van der Waals surface area contributed by atoms with Crippen LogP contribution in [0.5, 0.6) is 0 Å². The number of hydrogen-bond donors (Lipinski definition) is 1. The molecule has 0 radical (unpaired) electrons. The van der Waals surface area contributed by atoms with Crippen molar-refractivity contribution in [2.75, 3.05) is 38.7 Å². The lowest BCUT2D eigenvalue weighted by atomic mass is 10.2. The average Bonchev–Trinajstić information content (AvgIpc) is 2.93. The van der Waals surface area contributed by atoms with E-state index >= 15 is 0 Å². The first-order valence-corrected chi connectivity index (χ1v) is 8.77. The summed E-state index contributed by atoms with van der Waals surface area (Å²) in [6.45, 7) is 4.57. The number of nitro groups is 1. The predicted octanol–water partition coefficient (Wildman–Crippen LogP) is 2.01. The molecule has 0 aromatic carbocycles. The van der Waals surface area contributed by atoms with Crippen LogP contribution in [-0.4, -0.2) is 55.1 Å². The van der Waals surface area contributed by atoms with Crippen molar-refractivity contribution in [3.63, 3.8) is 0 Å². The van der Waals surface area contributed by atoms with Crippen LogP contribution in [-0.2, 0) is 20.8 Å². The number of methoxy groups -OCH3 is 1. The summed E-state index contributed by atoms with van der Waals surface area (Å²) in [5.74, 6) is -1.07. The van der Waals surface area contributed by atoms with Gasteiger partial charge in [0, 0.05) is 26.1 Å². The van der Waals surface area contributed by atoms with Gasteiger partial charge >= 0.3 is 11.7 Å². The minimum atomic E-state index is -0.701. The van der Waals surface area contributed by atoms with Crippen LogP contribution in [0.15, 0.2) is 0 Å². The number of anilines is 1. The molecular formula is C15H21N3O6S. The Morgan fingerprint density at radius 3 is 2.64 bits per heavy atom. The maximum Gasteiger partial charge on any atom is 0.350 e. The molecule has 2 rings (SSSR count). The molecular weight excluding hydrogens is 350 g/mol. The van der Waals surface area contributed by atoms with Crippen LogP contribution in [0.1, 0.15) is 34.3 Å². The van der Waals surface area contributed by atoms with Crippen molar-refractivity contribution < 1.29 is 24.0 Å². The number of carbonyl (C=O) groups is 2. The van der Waals surface area contributed by atoms with Crippen molar-refractivity contribution in [3.05, 3.63) is 19.9 Å². The molecule has 0 atom stereocenters. The number of nitrogens with one attached hydrogen (secondary N) is 1. The largest absolute Gasteiger partial charge is 0.465 e. The van der Waals surface area contributed by atoms with Gasteiger partial charge in [-0.1, -0.05) is 6.92 Å². The van der Waals surface area contributed by atoms with Crippen LogP contribution in [0.3, 0.4) is 0 Å². The zero-order valence-electron chi connectivity index (χ0n) is 14.2. The molecule has 1 N–H and O–H groups in total. The Labute approximate surface area is 149 Å². The first-order chi connectivity index (χ1) is 12.0. The van der Waals surface area contributed by atoms with Crippen LogP contribution >= 0.6 is 11.3 Å². The molecule has 1 aliphatic rings. The second-order valence-electron chi connectivity index (χ2n) is 5.51. The normalized spacial score (nSPS) is 15.0. The van der Waals surface area contributed by atoms with Crippen LogP contribution in [0, 0.1) is 10.1 Å². The maximum absolute atomic E-state index is 12.0. The van der Waals surface area contributed by atoms with Gasteiger partial charge in [-0.3, -0.25) is 19.8 Å². The molecule has 1 aromatic heterocycles. The van der Waals surface area contributed by atoms with E-state index in [1.165, 1.54) is 7.11 Å². The van der Waals surface area contributed by atoms with Crippen molar-refractivity contribution in [2.45, 2.75) is 26.3 Å². The third kappa shape index (κ3) is 4.74. The van der Waals surface area contributed by atoms with Crippen molar-refractivity contribution in [1.29, 1.82) is 0 Å². The highest BCUT2D eigenvalue weighted by Gasteiger charge is 2.33. The van der Waals surface area contributed by atoms with Crippen molar-refractivity contribution in [3.8, 4) is 0 Å². The molecule has 10 heteroatoms. The minimum Gasteiger partial charge on any atom is -0.465 e. The van der Waals surface area contributed by atoms with Crippen LogP contribution in [0.2, 0.25) is 0 Å². The number of morpholine rings is 1. The second-order valence-corrected chi connectivity index (χ2v) is 6.62. The van der Waals surface area contributed by atoms with E-state index in [0.717, 1.165) is 11.3 Å². The van der Waals surface area contributed by atoms with Gasteiger partial charge in [0.15, 0.2) is 0 Å². The average molecular weight is 371 g/mol. The number of hydrogen-bond acceptors (Lipinski definition) is 8. The molecule has 1 aromatic rings. The van der Waals surface area contributed by atoms with E-state index in [2.05, 4.69) is 5.32 Å². The van der Waals surface area contributed by atoms with E-state index in [1.807, 2.05) is 11.8 Å². The molecule has 2 heterocycles. The highest BCUT2D eigenvalue weighted by Crippen LogP contribution is 2.41. The quantitative estimate of drug-likeness (QED) is 0.443. The fraction of sp³-hybridized carbons (Fsp3) is 0.600. The van der Waals surface area contributed by atoms with E-state index in [4.69, 9.17) is 9.47 Å². The molecule has 1 aliphatic heterocycles. The van der Waals surface area contributed by atoms with Crippen molar-refractivity contribution in [1.82, 2.24) is 4.90 Å². The molecule has 1 amide bonds. The van der Waals surface area contributed by atoms with Gasteiger partial charge in [0.2, 0.25) is 5.91 Å². The lowest BCUT2D eigenvalue weighted by Gasteiger charge is -2.25. The molecule has 0 aliphatic carbocycles. The van der Waals surface area contributed by atoms with Gasteiger partial charge in [0.05, 0.1) is 30.1 Å². The molecule has 9 nitrogen and oxygen atoms in total. The number of amides is 1. The van der Waals surface area contributed by atoms with Gasteiger partial charge in [-0.05, 0) is 6.42 Å². The summed E-state index contributed by atoms with van der Waals surface area (Å²) in [5.41, 5.74) is -0.301. The minimum absolute atomic E-state index is 0.0434. The Morgan fingerprint density at radius 1 is 1.40 bits per heavy atom. The Bertz CT molecular complexity index is 654. The summed E-state index contributed by atoms with van der Waals surface area (Å²) in [4.78, 5) is 37.5. The Balaban J connectivity index is 2.40. The van der Waals surface area contributed by atoms with E-state index in [1.54, 1.807) is 0 Å². The summed E-state index contributed by atoms with van der Waals surface area (Å²) in [6, 6.07) is 0. The van der Waals surface area contributed by atoms with Gasteiger partial charge in [0.25, 0.3) is 0 Å². The number of ether oxygens (including phenoxy) is 2. The van der Waals surface area contributed by atoms with Gasteiger partial charge < -0.3 is 14.8 Å². The fourth-order valence-corrected chi connectivity index (χ4v) is 3.70. The smallest absolute Gasteiger partial charge is 0.350 e. The van der Waals surface area contributed by atoms with Gasteiger partial charge in [0.1, 0.15) is 10.6 Å². The van der Waals surface area contributed by atoms with Crippen LogP contribution in [0.4, 0.5) is 11.4 Å². The molecule has 1 fully saturated rings. The number of esters is 1. The lowest BCUT2D eigenvalue weighted by Crippen LogP contribution is -2.35.